The van der Waals surface area contributed by atoms with Crippen molar-refractivity contribution in [2.45, 2.75) is 17.2 Å². The van der Waals surface area contributed by atoms with Crippen LogP contribution in [0, 0.1) is 0 Å². The van der Waals surface area contributed by atoms with Gasteiger partial charge in [0.05, 0.1) is 29.7 Å². The van der Waals surface area contributed by atoms with Gasteiger partial charge in [-0.2, -0.15) is 17.5 Å². The number of hydrogen-bond donors (Lipinski definition) is 0. The lowest BCUT2D eigenvalue weighted by Crippen LogP contribution is -2.55. The Kier molecular flexibility index (Phi) is 4.22. The van der Waals surface area contributed by atoms with E-state index in [1.807, 2.05) is 0 Å². The van der Waals surface area contributed by atoms with Gasteiger partial charge in [-0.3, -0.25) is 4.98 Å². The van der Waals surface area contributed by atoms with Gasteiger partial charge < -0.3 is 4.74 Å². The van der Waals surface area contributed by atoms with Crippen LogP contribution in [0.15, 0.2) is 53.7 Å². The molecule has 0 spiro atoms. The molecular weight excluding hydrogens is 345 g/mol. The van der Waals surface area contributed by atoms with E-state index in [1.165, 1.54) is 6.20 Å². The molecule has 0 aliphatic carbocycles. The highest BCUT2D eigenvalue weighted by Crippen LogP contribution is 2.31. The number of ether oxygens (including phenoxy) is 1. The van der Waals surface area contributed by atoms with Gasteiger partial charge in [0, 0.05) is 6.20 Å². The first-order chi connectivity index (χ1) is 11.3. The number of aromatic nitrogens is 1. The van der Waals surface area contributed by atoms with Crippen molar-refractivity contribution in [3.8, 4) is 5.75 Å². The standard InChI is InChI=1S/C15H13F3N2O3S/c16-15(17,18)11-3-5-14(6-4-11)24(21,22)20-9-13(10-20)23-12-2-1-7-19-8-12/h1-8,13H,9-10H2. The summed E-state index contributed by atoms with van der Waals surface area (Å²) in [6.07, 6.45) is -1.69. The molecule has 0 atom stereocenters. The zero-order valence-corrected chi connectivity index (χ0v) is 13.1. The highest BCUT2D eigenvalue weighted by molar-refractivity contribution is 7.89. The van der Waals surface area contributed by atoms with Crippen LogP contribution in [-0.2, 0) is 16.2 Å². The van der Waals surface area contributed by atoms with Crippen molar-refractivity contribution >= 4 is 10.0 Å². The highest BCUT2D eigenvalue weighted by Gasteiger charge is 2.38. The van der Waals surface area contributed by atoms with Gasteiger partial charge in [0.25, 0.3) is 0 Å². The van der Waals surface area contributed by atoms with Crippen LogP contribution in [0.2, 0.25) is 0 Å². The molecule has 1 aromatic heterocycles. The van der Waals surface area contributed by atoms with E-state index in [1.54, 1.807) is 18.3 Å². The quantitative estimate of drug-likeness (QED) is 0.843. The SMILES string of the molecule is O=S(=O)(c1ccc(C(F)(F)F)cc1)N1CC(Oc2cccnc2)C1. The number of pyridine rings is 1. The second kappa shape index (κ2) is 6.06. The third-order valence-corrected chi connectivity index (χ3v) is 5.42. The number of benzene rings is 1. The molecular formula is C15H13F3N2O3S. The summed E-state index contributed by atoms with van der Waals surface area (Å²) in [5.41, 5.74) is -0.886. The molecule has 5 nitrogen and oxygen atoms in total. The molecule has 1 saturated heterocycles. The molecule has 2 aromatic rings. The summed E-state index contributed by atoms with van der Waals surface area (Å²) in [7, 11) is -3.82. The van der Waals surface area contributed by atoms with Crippen molar-refractivity contribution in [1.82, 2.24) is 9.29 Å². The van der Waals surface area contributed by atoms with E-state index in [0.717, 1.165) is 28.6 Å². The van der Waals surface area contributed by atoms with Gasteiger partial charge in [0.1, 0.15) is 11.9 Å². The minimum Gasteiger partial charge on any atom is -0.486 e. The zero-order valence-electron chi connectivity index (χ0n) is 12.3. The second-order valence-electron chi connectivity index (χ2n) is 5.27. The first-order valence-electron chi connectivity index (χ1n) is 7.01. The zero-order chi connectivity index (χ0) is 17.4. The molecule has 2 heterocycles. The summed E-state index contributed by atoms with van der Waals surface area (Å²) in [6, 6.07) is 6.86. The number of halogens is 3. The molecule has 3 rings (SSSR count). The molecule has 0 N–H and O–H groups in total. The second-order valence-corrected chi connectivity index (χ2v) is 7.21. The number of rotatable bonds is 4. The molecule has 1 aliphatic rings. The molecule has 0 radical (unpaired) electrons. The smallest absolute Gasteiger partial charge is 0.416 e. The van der Waals surface area contributed by atoms with Gasteiger partial charge in [0.2, 0.25) is 10.0 Å². The number of sulfonamides is 1. The van der Waals surface area contributed by atoms with E-state index >= 15 is 0 Å². The van der Waals surface area contributed by atoms with Crippen molar-refractivity contribution in [1.29, 1.82) is 0 Å². The van der Waals surface area contributed by atoms with E-state index in [2.05, 4.69) is 4.98 Å². The summed E-state index contributed by atoms with van der Waals surface area (Å²) < 4.78 is 69.0. The lowest BCUT2D eigenvalue weighted by molar-refractivity contribution is -0.137. The van der Waals surface area contributed by atoms with Gasteiger partial charge in [-0.15, -0.1) is 0 Å². The first kappa shape index (κ1) is 16.7. The van der Waals surface area contributed by atoms with Crippen molar-refractivity contribution in [2.75, 3.05) is 13.1 Å². The monoisotopic (exact) mass is 358 g/mol. The van der Waals surface area contributed by atoms with Gasteiger partial charge >= 0.3 is 6.18 Å². The van der Waals surface area contributed by atoms with Gasteiger partial charge in [-0.25, -0.2) is 8.42 Å². The van der Waals surface area contributed by atoms with Crippen molar-refractivity contribution < 1.29 is 26.3 Å². The highest BCUT2D eigenvalue weighted by atomic mass is 32.2. The van der Waals surface area contributed by atoms with Crippen LogP contribution < -0.4 is 4.74 Å². The lowest BCUT2D eigenvalue weighted by Gasteiger charge is -2.37. The fourth-order valence-corrected chi connectivity index (χ4v) is 3.75. The van der Waals surface area contributed by atoms with Crippen molar-refractivity contribution in [3.63, 3.8) is 0 Å². The third-order valence-electron chi connectivity index (χ3n) is 3.57. The maximum absolute atomic E-state index is 12.5. The average molecular weight is 358 g/mol. The molecule has 1 aromatic carbocycles. The Hall–Kier alpha value is -2.13. The molecule has 0 amide bonds. The summed E-state index contributed by atoms with van der Waals surface area (Å²) in [5.74, 6) is 0.536. The number of alkyl halides is 3. The minimum absolute atomic E-state index is 0.137. The van der Waals surface area contributed by atoms with Crippen molar-refractivity contribution in [3.05, 3.63) is 54.4 Å². The largest absolute Gasteiger partial charge is 0.486 e. The molecule has 128 valence electrons. The predicted molar refractivity (Wildman–Crippen MR) is 78.9 cm³/mol. The normalized spacial score (nSPS) is 16.6. The van der Waals surface area contributed by atoms with Crippen LogP contribution in [0.3, 0.4) is 0 Å². The Morgan fingerprint density at radius 2 is 1.79 bits per heavy atom. The maximum atomic E-state index is 12.5. The summed E-state index contributed by atoms with van der Waals surface area (Å²) in [6.45, 7) is 0.274. The fraction of sp³-hybridized carbons (Fsp3) is 0.267. The minimum atomic E-state index is -4.50. The Morgan fingerprint density at radius 1 is 1.12 bits per heavy atom. The van der Waals surface area contributed by atoms with Crippen molar-refractivity contribution in [2.24, 2.45) is 0 Å². The molecule has 0 bridgehead atoms. The van der Waals surface area contributed by atoms with E-state index in [-0.39, 0.29) is 24.1 Å². The Labute approximate surface area is 136 Å². The third kappa shape index (κ3) is 3.36. The predicted octanol–water partition coefficient (Wildman–Crippen LogP) is 2.55. The molecule has 1 aliphatic heterocycles. The molecule has 9 heteroatoms. The Morgan fingerprint density at radius 3 is 2.33 bits per heavy atom. The maximum Gasteiger partial charge on any atom is 0.416 e. The van der Waals surface area contributed by atoms with Gasteiger partial charge in [-0.1, -0.05) is 0 Å². The molecule has 0 saturated carbocycles. The van der Waals surface area contributed by atoms with Crippen LogP contribution in [0.5, 0.6) is 5.75 Å². The summed E-state index contributed by atoms with van der Waals surface area (Å²) in [4.78, 5) is 3.72. The number of hydrogen-bond acceptors (Lipinski definition) is 4. The Balaban J connectivity index is 1.65. The summed E-state index contributed by atoms with van der Waals surface area (Å²) in [5, 5.41) is 0. The molecule has 24 heavy (non-hydrogen) atoms. The van der Waals surface area contributed by atoms with Crippen LogP contribution >= 0.6 is 0 Å². The Bertz CT molecular complexity index is 802. The van der Waals surface area contributed by atoms with Gasteiger partial charge in [0.15, 0.2) is 0 Å². The van der Waals surface area contributed by atoms with Crippen LogP contribution in [0.4, 0.5) is 13.2 Å². The topological polar surface area (TPSA) is 59.5 Å². The average Bonchev–Trinajstić information content (AvgIpc) is 2.50. The molecule has 0 unspecified atom stereocenters. The van der Waals surface area contributed by atoms with E-state index in [9.17, 15) is 21.6 Å². The van der Waals surface area contributed by atoms with Crippen LogP contribution in [0.25, 0.3) is 0 Å². The van der Waals surface area contributed by atoms with Crippen LogP contribution in [0.1, 0.15) is 5.56 Å². The molecule has 1 fully saturated rings. The van der Waals surface area contributed by atoms with Gasteiger partial charge in [-0.05, 0) is 36.4 Å². The van der Waals surface area contributed by atoms with Crippen LogP contribution in [-0.4, -0.2) is 36.9 Å². The van der Waals surface area contributed by atoms with E-state index < -0.39 is 21.8 Å². The fourth-order valence-electron chi connectivity index (χ4n) is 2.25. The lowest BCUT2D eigenvalue weighted by atomic mass is 10.2. The van der Waals surface area contributed by atoms with E-state index in [4.69, 9.17) is 4.74 Å². The number of nitrogens with zero attached hydrogens (tertiary/aromatic N) is 2. The first-order valence-corrected chi connectivity index (χ1v) is 8.45. The van der Waals surface area contributed by atoms with E-state index in [0.29, 0.717) is 5.75 Å². The summed E-state index contributed by atoms with van der Waals surface area (Å²) >= 11 is 0.